The van der Waals surface area contributed by atoms with Gasteiger partial charge in [0.25, 0.3) is 0 Å². The lowest BCUT2D eigenvalue weighted by Gasteiger charge is -2.29. The van der Waals surface area contributed by atoms with Gasteiger partial charge in [-0.05, 0) is 38.2 Å². The number of hydrogen-bond donors (Lipinski definition) is 2. The zero-order valence-electron chi connectivity index (χ0n) is 14.4. The van der Waals surface area contributed by atoms with E-state index in [-0.39, 0.29) is 5.91 Å². The summed E-state index contributed by atoms with van der Waals surface area (Å²) in [5.41, 5.74) is 7.23. The normalized spacial score (nSPS) is 21.1. The van der Waals surface area contributed by atoms with Crippen LogP contribution < -0.4 is 11.1 Å². The Morgan fingerprint density at radius 2 is 2.08 bits per heavy atom. The molecule has 0 radical (unpaired) electrons. The van der Waals surface area contributed by atoms with Crippen molar-refractivity contribution in [1.82, 2.24) is 15.3 Å². The fraction of sp³-hybridized carbons (Fsp3) is 0.588. The molecule has 2 atom stereocenters. The Kier molecular flexibility index (Phi) is 5.30. The summed E-state index contributed by atoms with van der Waals surface area (Å²) >= 11 is 2.98. The first-order chi connectivity index (χ1) is 11.5. The minimum Gasteiger partial charge on any atom is -0.383 e. The zero-order chi connectivity index (χ0) is 17.3. The molecule has 0 bridgehead atoms. The number of nitrogens with two attached hydrogens (primary N) is 1. The van der Waals surface area contributed by atoms with Gasteiger partial charge in [0.05, 0.1) is 11.1 Å². The van der Waals surface area contributed by atoms with E-state index in [2.05, 4.69) is 29.1 Å². The lowest BCUT2D eigenvalue weighted by molar-refractivity contribution is -0.119. The molecule has 1 aliphatic rings. The summed E-state index contributed by atoms with van der Waals surface area (Å²) < 4.78 is 0. The number of nitrogens with zero attached hydrogens (tertiary/aromatic N) is 2. The summed E-state index contributed by atoms with van der Waals surface area (Å²) in [4.78, 5) is 23.3. The largest absolute Gasteiger partial charge is 0.383 e. The highest BCUT2D eigenvalue weighted by Gasteiger charge is 2.23. The molecule has 0 aliphatic heterocycles. The van der Waals surface area contributed by atoms with E-state index >= 15 is 0 Å². The lowest BCUT2D eigenvalue weighted by atomic mass is 9.86. The highest BCUT2D eigenvalue weighted by Crippen LogP contribution is 2.33. The molecule has 1 saturated carbocycles. The third kappa shape index (κ3) is 3.67. The Morgan fingerprint density at radius 3 is 2.83 bits per heavy atom. The van der Waals surface area contributed by atoms with E-state index in [1.165, 1.54) is 35.9 Å². The Morgan fingerprint density at radius 1 is 1.33 bits per heavy atom. The third-order valence-corrected chi connectivity index (χ3v) is 6.77. The van der Waals surface area contributed by atoms with Gasteiger partial charge in [-0.1, -0.05) is 31.5 Å². The highest BCUT2D eigenvalue weighted by atomic mass is 32.2. The molecule has 0 aromatic carbocycles. The minimum absolute atomic E-state index is 0.0551. The topological polar surface area (TPSA) is 80.9 Å². The van der Waals surface area contributed by atoms with E-state index in [0.29, 0.717) is 28.7 Å². The lowest BCUT2D eigenvalue weighted by Crippen LogP contribution is -2.41. The molecular formula is C17H24N4OS2. The number of aryl methyl sites for hydroxylation is 2. The number of thioether (sulfide) groups is 1. The van der Waals surface area contributed by atoms with Crippen LogP contribution in [0, 0.1) is 19.8 Å². The van der Waals surface area contributed by atoms with Crippen LogP contribution in [0.5, 0.6) is 0 Å². The molecule has 130 valence electrons. The van der Waals surface area contributed by atoms with Gasteiger partial charge < -0.3 is 11.1 Å². The van der Waals surface area contributed by atoms with Crippen LogP contribution in [-0.4, -0.2) is 27.7 Å². The van der Waals surface area contributed by atoms with Crippen molar-refractivity contribution in [2.75, 3.05) is 11.5 Å². The van der Waals surface area contributed by atoms with Gasteiger partial charge in [-0.2, -0.15) is 0 Å². The van der Waals surface area contributed by atoms with Crippen molar-refractivity contribution in [1.29, 1.82) is 0 Å². The highest BCUT2D eigenvalue weighted by molar-refractivity contribution is 7.99. The molecule has 0 spiro atoms. The number of nitrogen functional groups attached to an aromatic ring is 1. The summed E-state index contributed by atoms with van der Waals surface area (Å²) in [6.07, 6.45) is 4.76. The van der Waals surface area contributed by atoms with Crippen LogP contribution in [0.4, 0.5) is 5.82 Å². The summed E-state index contributed by atoms with van der Waals surface area (Å²) in [7, 11) is 0. The fourth-order valence-corrected chi connectivity index (χ4v) is 4.99. The molecule has 2 aromatic rings. The van der Waals surface area contributed by atoms with E-state index in [9.17, 15) is 4.79 Å². The number of nitrogens with one attached hydrogen (secondary N) is 1. The average Bonchev–Trinajstić information content (AvgIpc) is 2.82. The van der Waals surface area contributed by atoms with Crippen molar-refractivity contribution in [3.63, 3.8) is 0 Å². The number of hydrogen-bond acceptors (Lipinski definition) is 6. The van der Waals surface area contributed by atoms with Gasteiger partial charge in [0.15, 0.2) is 5.16 Å². The standard InChI is InChI=1S/C17H24N4OS2/c1-9-6-4-5-7-12(9)19-13(22)8-23-17-20-15(18)14-10(2)11(3)24-16(14)21-17/h9,12H,4-8H2,1-3H3,(H,19,22)(H2,18,20,21)/t9-,12-/m0/s1. The average molecular weight is 365 g/mol. The Balaban J connectivity index is 1.64. The van der Waals surface area contributed by atoms with E-state index in [0.717, 1.165) is 22.2 Å². The van der Waals surface area contributed by atoms with Gasteiger partial charge in [-0.3, -0.25) is 4.79 Å². The molecule has 3 rings (SSSR count). The molecule has 0 saturated heterocycles. The zero-order valence-corrected chi connectivity index (χ0v) is 16.0. The number of carbonyl (C=O) groups is 1. The molecule has 5 nitrogen and oxygen atoms in total. The van der Waals surface area contributed by atoms with Crippen molar-refractivity contribution < 1.29 is 4.79 Å². The van der Waals surface area contributed by atoms with E-state index in [1.54, 1.807) is 11.3 Å². The maximum absolute atomic E-state index is 12.2. The maximum atomic E-state index is 12.2. The summed E-state index contributed by atoms with van der Waals surface area (Å²) in [5, 5.41) is 4.68. The van der Waals surface area contributed by atoms with Gasteiger partial charge in [-0.25, -0.2) is 9.97 Å². The first kappa shape index (κ1) is 17.5. The fourth-order valence-electron chi connectivity index (χ4n) is 3.23. The molecule has 1 amide bonds. The van der Waals surface area contributed by atoms with Crippen LogP contribution in [0.1, 0.15) is 43.0 Å². The first-order valence-corrected chi connectivity index (χ1v) is 10.2. The van der Waals surface area contributed by atoms with Crippen LogP contribution in [0.15, 0.2) is 5.16 Å². The van der Waals surface area contributed by atoms with Gasteiger partial charge in [0.1, 0.15) is 10.6 Å². The van der Waals surface area contributed by atoms with Gasteiger partial charge >= 0.3 is 0 Å². The third-order valence-electron chi connectivity index (χ3n) is 4.83. The van der Waals surface area contributed by atoms with Gasteiger partial charge in [-0.15, -0.1) is 11.3 Å². The second-order valence-electron chi connectivity index (χ2n) is 6.58. The number of fused-ring (bicyclic) bond motifs is 1. The van der Waals surface area contributed by atoms with Crippen molar-refractivity contribution >= 4 is 45.0 Å². The number of rotatable bonds is 4. The SMILES string of the molecule is Cc1sc2nc(SCC(=O)N[C@H]3CCCC[C@@H]3C)nc(N)c2c1C. The van der Waals surface area contributed by atoms with Crippen LogP contribution >= 0.6 is 23.1 Å². The predicted molar refractivity (Wildman–Crippen MR) is 102 cm³/mol. The summed E-state index contributed by atoms with van der Waals surface area (Å²) in [6.45, 7) is 6.32. The van der Waals surface area contributed by atoms with Crippen molar-refractivity contribution in [3.05, 3.63) is 10.4 Å². The molecular weight excluding hydrogens is 340 g/mol. The van der Waals surface area contributed by atoms with Crippen molar-refractivity contribution in [2.45, 2.75) is 57.7 Å². The first-order valence-electron chi connectivity index (χ1n) is 8.41. The van der Waals surface area contributed by atoms with E-state index in [4.69, 9.17) is 5.73 Å². The van der Waals surface area contributed by atoms with Crippen molar-refractivity contribution in [3.8, 4) is 0 Å². The maximum Gasteiger partial charge on any atom is 0.230 e. The van der Waals surface area contributed by atoms with E-state index < -0.39 is 0 Å². The second-order valence-corrected chi connectivity index (χ2v) is 8.72. The Hall–Kier alpha value is -1.34. The van der Waals surface area contributed by atoms with Gasteiger partial charge in [0, 0.05) is 10.9 Å². The molecule has 3 N–H and O–H groups in total. The molecule has 2 aromatic heterocycles. The van der Waals surface area contributed by atoms with Gasteiger partial charge in [0.2, 0.25) is 5.91 Å². The second kappa shape index (κ2) is 7.27. The predicted octanol–water partition coefficient (Wildman–Crippen LogP) is 3.68. The Bertz CT molecular complexity index is 759. The summed E-state index contributed by atoms with van der Waals surface area (Å²) in [5.74, 6) is 1.45. The van der Waals surface area contributed by atoms with Crippen LogP contribution in [-0.2, 0) is 4.79 Å². The minimum atomic E-state index is 0.0551. The number of carbonyl (C=O) groups excluding carboxylic acids is 1. The van der Waals surface area contributed by atoms with E-state index in [1.807, 2.05) is 6.92 Å². The molecule has 0 unspecified atom stereocenters. The number of aromatic nitrogens is 2. The number of thiophene rings is 1. The van der Waals surface area contributed by atoms with Crippen LogP contribution in [0.25, 0.3) is 10.2 Å². The molecule has 2 heterocycles. The van der Waals surface area contributed by atoms with Crippen LogP contribution in [0.3, 0.4) is 0 Å². The van der Waals surface area contributed by atoms with Crippen LogP contribution in [0.2, 0.25) is 0 Å². The molecule has 24 heavy (non-hydrogen) atoms. The quantitative estimate of drug-likeness (QED) is 0.639. The summed E-state index contributed by atoms with van der Waals surface area (Å²) in [6, 6.07) is 0.308. The molecule has 1 aliphatic carbocycles. The van der Waals surface area contributed by atoms with Crippen molar-refractivity contribution in [2.24, 2.45) is 5.92 Å². The number of anilines is 1. The molecule has 1 fully saturated rings. The number of amides is 1. The Labute approximate surface area is 150 Å². The molecule has 7 heteroatoms. The smallest absolute Gasteiger partial charge is 0.230 e. The monoisotopic (exact) mass is 364 g/mol.